The lowest BCUT2D eigenvalue weighted by atomic mass is 9.64. The van der Waals surface area contributed by atoms with Crippen LogP contribution in [-0.4, -0.2) is 33.8 Å². The Balaban J connectivity index is 1.67. The summed E-state index contributed by atoms with van der Waals surface area (Å²) in [6.45, 7) is 3.99. The molecule has 0 N–H and O–H groups in total. The van der Waals surface area contributed by atoms with Crippen LogP contribution in [0.3, 0.4) is 0 Å². The van der Waals surface area contributed by atoms with Crippen molar-refractivity contribution in [3.63, 3.8) is 0 Å². The molecule has 1 spiro atoms. The largest absolute Gasteiger partial charge is 0.497 e. The van der Waals surface area contributed by atoms with Gasteiger partial charge in [-0.1, -0.05) is 46.0 Å². The third-order valence-electron chi connectivity index (χ3n) is 7.78. The predicted octanol–water partition coefficient (Wildman–Crippen LogP) is 5.17. The molecule has 6 heteroatoms. The quantitative estimate of drug-likeness (QED) is 0.684. The van der Waals surface area contributed by atoms with Crippen LogP contribution < -0.4 is 9.64 Å². The summed E-state index contributed by atoms with van der Waals surface area (Å²) in [4.78, 5) is 20.5. The molecule has 31 heavy (non-hydrogen) atoms. The molecule has 2 heterocycles. The van der Waals surface area contributed by atoms with Crippen LogP contribution >= 0.6 is 0 Å². The monoisotopic (exact) mass is 422 g/mol. The van der Waals surface area contributed by atoms with Crippen molar-refractivity contribution < 1.29 is 9.53 Å². The molecular formula is C25H34N4O2. The Morgan fingerprint density at radius 1 is 1.06 bits per heavy atom. The van der Waals surface area contributed by atoms with Gasteiger partial charge in [-0.25, -0.2) is 4.68 Å². The summed E-state index contributed by atoms with van der Waals surface area (Å²) in [5.41, 5.74) is 0.970. The van der Waals surface area contributed by atoms with Crippen LogP contribution in [0.4, 0.5) is 5.95 Å². The molecule has 0 saturated heterocycles. The highest BCUT2D eigenvalue weighted by Crippen LogP contribution is 2.53. The van der Waals surface area contributed by atoms with Crippen molar-refractivity contribution in [2.75, 3.05) is 12.0 Å². The van der Waals surface area contributed by atoms with Crippen LogP contribution in [0.2, 0.25) is 0 Å². The molecule has 2 aliphatic carbocycles. The number of benzene rings is 1. The van der Waals surface area contributed by atoms with E-state index in [1.54, 1.807) is 7.11 Å². The molecule has 1 aromatic heterocycles. The van der Waals surface area contributed by atoms with Crippen molar-refractivity contribution >= 4 is 11.9 Å². The van der Waals surface area contributed by atoms with E-state index in [-0.39, 0.29) is 23.4 Å². The Kier molecular flexibility index (Phi) is 5.27. The van der Waals surface area contributed by atoms with Gasteiger partial charge in [-0.3, -0.25) is 9.69 Å². The smallest absolute Gasteiger partial charge is 0.232 e. The summed E-state index contributed by atoms with van der Waals surface area (Å²) in [6, 6.07) is 8.16. The molecule has 0 unspecified atom stereocenters. The minimum absolute atomic E-state index is 0.00412. The number of methoxy groups -OCH3 is 1. The highest BCUT2D eigenvalue weighted by atomic mass is 16.5. The zero-order valence-corrected chi connectivity index (χ0v) is 19.0. The third-order valence-corrected chi connectivity index (χ3v) is 7.78. The first-order valence-electron chi connectivity index (χ1n) is 12.0. The van der Waals surface area contributed by atoms with Gasteiger partial charge in [0.2, 0.25) is 11.9 Å². The first kappa shape index (κ1) is 20.5. The Bertz CT molecular complexity index is 943. The standard InChI is InChI=1S/C25H34N4O2/c1-17(2)23(30)28-21-10-6-5-9-20(21)25(15-7-4-8-16-25)29-24(28)26-22(27-29)18-11-13-19(31-3)14-12-18/h11-14,17,20-21H,4-10,15-16H2,1-3H3/t20-,21+/m1/s1. The molecule has 2 saturated carbocycles. The van der Waals surface area contributed by atoms with E-state index in [0.29, 0.717) is 11.7 Å². The average Bonchev–Trinajstić information content (AvgIpc) is 3.26. The summed E-state index contributed by atoms with van der Waals surface area (Å²) in [5.74, 6) is 2.90. The van der Waals surface area contributed by atoms with Crippen molar-refractivity contribution in [1.82, 2.24) is 14.8 Å². The molecule has 3 aliphatic rings. The number of anilines is 1. The molecule has 166 valence electrons. The Labute approximate surface area is 185 Å². The minimum Gasteiger partial charge on any atom is -0.497 e. The van der Waals surface area contributed by atoms with E-state index < -0.39 is 0 Å². The molecular weight excluding hydrogens is 388 g/mol. The molecule has 2 atom stereocenters. The normalized spacial score (nSPS) is 24.7. The maximum absolute atomic E-state index is 13.4. The number of carbonyl (C=O) groups is 1. The lowest BCUT2D eigenvalue weighted by Gasteiger charge is -2.55. The van der Waals surface area contributed by atoms with E-state index in [4.69, 9.17) is 14.8 Å². The van der Waals surface area contributed by atoms with Gasteiger partial charge in [-0.2, -0.15) is 4.98 Å². The van der Waals surface area contributed by atoms with Crippen LogP contribution in [0.25, 0.3) is 11.4 Å². The summed E-state index contributed by atoms with van der Waals surface area (Å²) in [5, 5.41) is 5.11. The van der Waals surface area contributed by atoms with E-state index in [1.165, 1.54) is 38.5 Å². The Hall–Kier alpha value is -2.37. The van der Waals surface area contributed by atoms with Gasteiger partial charge in [0.1, 0.15) is 5.75 Å². The number of nitrogens with zero attached hydrogens (tertiary/aromatic N) is 4. The second-order valence-corrected chi connectivity index (χ2v) is 9.86. The molecule has 6 nitrogen and oxygen atoms in total. The van der Waals surface area contributed by atoms with E-state index >= 15 is 0 Å². The lowest BCUT2D eigenvalue weighted by Crippen LogP contribution is -2.62. The number of carbonyl (C=O) groups excluding carboxylic acids is 1. The number of fused-ring (bicyclic) bond motifs is 4. The maximum atomic E-state index is 13.4. The van der Waals surface area contributed by atoms with Crippen LogP contribution in [-0.2, 0) is 10.3 Å². The molecule has 1 aromatic carbocycles. The second-order valence-electron chi connectivity index (χ2n) is 9.86. The average molecular weight is 423 g/mol. The molecule has 5 rings (SSSR count). The van der Waals surface area contributed by atoms with Gasteiger partial charge in [-0.05, 0) is 49.9 Å². The van der Waals surface area contributed by atoms with Crippen molar-refractivity contribution in [3.05, 3.63) is 24.3 Å². The molecule has 2 fully saturated rings. The highest BCUT2D eigenvalue weighted by Gasteiger charge is 2.55. The molecule has 1 aliphatic heterocycles. The first-order chi connectivity index (χ1) is 15.0. The Morgan fingerprint density at radius 3 is 2.45 bits per heavy atom. The number of rotatable bonds is 3. The van der Waals surface area contributed by atoms with Crippen molar-refractivity contribution in [3.8, 4) is 17.1 Å². The highest BCUT2D eigenvalue weighted by molar-refractivity contribution is 5.94. The summed E-state index contributed by atoms with van der Waals surface area (Å²) >= 11 is 0. The number of hydrogen-bond acceptors (Lipinski definition) is 4. The van der Waals surface area contributed by atoms with Gasteiger partial charge >= 0.3 is 0 Å². The SMILES string of the molecule is COc1ccc(-c2nc3n(n2)C2(CCCCC2)[C@@H]2CCCC[C@@H]2N3C(=O)C(C)C)cc1. The van der Waals surface area contributed by atoms with E-state index in [9.17, 15) is 4.79 Å². The van der Waals surface area contributed by atoms with Gasteiger partial charge in [-0.15, -0.1) is 5.10 Å². The predicted molar refractivity (Wildman–Crippen MR) is 121 cm³/mol. The van der Waals surface area contributed by atoms with Crippen molar-refractivity contribution in [2.45, 2.75) is 83.2 Å². The minimum atomic E-state index is -0.0578. The van der Waals surface area contributed by atoms with Gasteiger partial charge < -0.3 is 4.74 Å². The summed E-state index contributed by atoms with van der Waals surface area (Å²) in [7, 11) is 1.67. The number of amides is 1. The van der Waals surface area contributed by atoms with Crippen LogP contribution in [0, 0.1) is 11.8 Å². The second kappa shape index (κ2) is 7.95. The fourth-order valence-electron chi connectivity index (χ4n) is 6.26. The molecule has 0 radical (unpaired) electrons. The first-order valence-corrected chi connectivity index (χ1v) is 12.0. The summed E-state index contributed by atoms with van der Waals surface area (Å²) in [6.07, 6.45) is 10.8. The summed E-state index contributed by atoms with van der Waals surface area (Å²) < 4.78 is 7.51. The molecule has 1 amide bonds. The molecule has 2 aromatic rings. The van der Waals surface area contributed by atoms with Gasteiger partial charge in [0, 0.05) is 23.4 Å². The third kappa shape index (κ3) is 3.26. The number of aromatic nitrogens is 3. The maximum Gasteiger partial charge on any atom is 0.232 e. The fourth-order valence-corrected chi connectivity index (χ4v) is 6.26. The van der Waals surface area contributed by atoms with Crippen LogP contribution in [0.5, 0.6) is 5.75 Å². The van der Waals surface area contributed by atoms with Crippen LogP contribution in [0.15, 0.2) is 24.3 Å². The lowest BCUT2D eigenvalue weighted by molar-refractivity contribution is -0.123. The van der Waals surface area contributed by atoms with Gasteiger partial charge in [0.05, 0.1) is 12.6 Å². The van der Waals surface area contributed by atoms with E-state index in [0.717, 1.165) is 36.5 Å². The van der Waals surface area contributed by atoms with Crippen molar-refractivity contribution in [1.29, 1.82) is 0 Å². The topological polar surface area (TPSA) is 60.2 Å². The van der Waals surface area contributed by atoms with E-state index in [1.807, 2.05) is 43.0 Å². The fraction of sp³-hybridized carbons (Fsp3) is 0.640. The van der Waals surface area contributed by atoms with Gasteiger partial charge in [0.15, 0.2) is 5.82 Å². The molecule has 0 bridgehead atoms. The van der Waals surface area contributed by atoms with Crippen molar-refractivity contribution in [2.24, 2.45) is 11.8 Å². The number of hydrogen-bond donors (Lipinski definition) is 0. The Morgan fingerprint density at radius 2 is 1.77 bits per heavy atom. The zero-order chi connectivity index (χ0) is 21.6. The van der Waals surface area contributed by atoms with E-state index in [2.05, 4.69) is 4.68 Å². The van der Waals surface area contributed by atoms with Gasteiger partial charge in [0.25, 0.3) is 0 Å². The van der Waals surface area contributed by atoms with Crippen LogP contribution in [0.1, 0.15) is 71.6 Å². The number of ether oxygens (including phenoxy) is 1. The zero-order valence-electron chi connectivity index (χ0n) is 19.0.